The molecule has 4 atom stereocenters. The molecule has 1 aromatic carbocycles. The van der Waals surface area contributed by atoms with Crippen molar-refractivity contribution in [2.75, 3.05) is 25.5 Å². The van der Waals surface area contributed by atoms with Crippen LogP contribution in [0.25, 0.3) is 5.69 Å². The highest BCUT2D eigenvalue weighted by atomic mass is 32.2. The van der Waals surface area contributed by atoms with Gasteiger partial charge in [-0.15, -0.1) is 10.2 Å². The Bertz CT molecular complexity index is 1260. The number of aliphatic imine (C=N–C) groups is 2. The van der Waals surface area contributed by atoms with Gasteiger partial charge in [0.05, 0.1) is 25.6 Å². The fraction of sp³-hybridized carbons (Fsp3) is 0.520. The number of hydrogen-bond donors (Lipinski definition) is 1. The molecule has 37 heavy (non-hydrogen) atoms. The lowest BCUT2D eigenvalue weighted by molar-refractivity contribution is 0.117. The van der Waals surface area contributed by atoms with Crippen molar-refractivity contribution in [2.45, 2.75) is 58.3 Å². The van der Waals surface area contributed by atoms with Crippen molar-refractivity contribution in [1.29, 1.82) is 0 Å². The summed E-state index contributed by atoms with van der Waals surface area (Å²) in [6, 6.07) is 5.32. The zero-order valence-corrected chi connectivity index (χ0v) is 23.2. The van der Waals surface area contributed by atoms with Crippen molar-refractivity contribution in [3.8, 4) is 17.2 Å². The molecule has 0 aliphatic carbocycles. The van der Waals surface area contributed by atoms with Gasteiger partial charge in [-0.25, -0.2) is 18.4 Å². The van der Waals surface area contributed by atoms with Crippen molar-refractivity contribution < 1.29 is 22.6 Å². The van der Waals surface area contributed by atoms with Gasteiger partial charge in [-0.2, -0.15) is 0 Å². The Morgan fingerprint density at radius 3 is 2.41 bits per heavy atom. The number of rotatable bonds is 10. The molecule has 11 nitrogen and oxygen atoms in total. The molecule has 1 fully saturated rings. The summed E-state index contributed by atoms with van der Waals surface area (Å²) in [5.41, 5.74) is 1.45. The normalized spacial score (nSPS) is 19.7. The fourth-order valence-corrected chi connectivity index (χ4v) is 5.37. The molecule has 1 aromatic heterocycles. The van der Waals surface area contributed by atoms with Crippen molar-refractivity contribution in [2.24, 2.45) is 15.9 Å². The van der Waals surface area contributed by atoms with Crippen LogP contribution in [0.15, 0.2) is 40.0 Å². The van der Waals surface area contributed by atoms with E-state index in [-0.39, 0.29) is 18.0 Å². The van der Waals surface area contributed by atoms with Crippen LogP contribution in [0.5, 0.6) is 11.5 Å². The molecule has 0 amide bonds. The summed E-state index contributed by atoms with van der Waals surface area (Å²) in [5.74, 6) is 1.18. The van der Waals surface area contributed by atoms with Crippen LogP contribution >= 0.6 is 0 Å². The van der Waals surface area contributed by atoms with Crippen LogP contribution in [0.3, 0.4) is 0 Å². The molecule has 3 rings (SSSR count). The Kier molecular flexibility index (Phi) is 9.08. The number of amidine groups is 1. The van der Waals surface area contributed by atoms with Crippen molar-refractivity contribution >= 4 is 28.5 Å². The van der Waals surface area contributed by atoms with Gasteiger partial charge in [0.1, 0.15) is 28.8 Å². The predicted molar refractivity (Wildman–Crippen MR) is 145 cm³/mol. The maximum atomic E-state index is 13.6. The number of nitrogens with one attached hydrogen (secondary N) is 1. The summed E-state index contributed by atoms with van der Waals surface area (Å²) in [6.45, 7) is 13.2. The van der Waals surface area contributed by atoms with E-state index in [1.54, 1.807) is 42.8 Å². The molecular weight excluding hydrogens is 496 g/mol. The topological polar surface area (TPSA) is 129 Å². The number of benzene rings is 1. The maximum absolute atomic E-state index is 13.6. The predicted octanol–water partition coefficient (Wildman–Crippen LogP) is 3.97. The standard InChI is InChI=1S/C25H36N6O5S/c1-15(2)14-27-23(26-6)16(3)18(5)37(32,33)30-25-29-28-24(19-12-13-36-17(19)4)31(25)22-20(34-7)10-9-11-21(22)35-8/h9-11,14,16-19H,6,12-13H2,1-5,7-8H3,(H,29,30)/t16-,17+,18-,19+/m0/s1. The number of para-hydroxylation sites is 1. The fourth-order valence-electron chi connectivity index (χ4n) is 4.14. The lowest BCUT2D eigenvalue weighted by Gasteiger charge is -2.23. The van der Waals surface area contributed by atoms with Gasteiger partial charge in [0.15, 0.2) is 0 Å². The summed E-state index contributed by atoms with van der Waals surface area (Å²) >= 11 is 0. The van der Waals surface area contributed by atoms with E-state index in [0.717, 1.165) is 5.57 Å². The zero-order chi connectivity index (χ0) is 27.3. The van der Waals surface area contributed by atoms with Crippen molar-refractivity contribution in [1.82, 2.24) is 14.8 Å². The number of hydrogen-bond acceptors (Lipinski definition) is 8. The summed E-state index contributed by atoms with van der Waals surface area (Å²) in [5, 5.41) is 7.74. The highest BCUT2D eigenvalue weighted by Gasteiger charge is 2.36. The van der Waals surface area contributed by atoms with Gasteiger partial charge >= 0.3 is 0 Å². The van der Waals surface area contributed by atoms with Gasteiger partial charge in [0.25, 0.3) is 0 Å². The van der Waals surface area contributed by atoms with Crippen LogP contribution < -0.4 is 14.2 Å². The molecule has 1 aliphatic rings. The average Bonchev–Trinajstić information content (AvgIpc) is 3.47. The molecule has 1 N–H and O–H groups in total. The van der Waals surface area contributed by atoms with Gasteiger partial charge in [-0.1, -0.05) is 18.6 Å². The first kappa shape index (κ1) is 28.3. The average molecular weight is 533 g/mol. The smallest absolute Gasteiger partial charge is 0.243 e. The van der Waals surface area contributed by atoms with Crippen LogP contribution in [0.1, 0.15) is 52.8 Å². The van der Waals surface area contributed by atoms with Gasteiger partial charge < -0.3 is 14.2 Å². The monoisotopic (exact) mass is 532 g/mol. The third kappa shape index (κ3) is 6.02. The molecule has 0 spiro atoms. The second-order valence-electron chi connectivity index (χ2n) is 9.19. The lowest BCUT2D eigenvalue weighted by atomic mass is 10.0. The first-order valence-electron chi connectivity index (χ1n) is 12.0. The Morgan fingerprint density at radius 1 is 1.24 bits per heavy atom. The van der Waals surface area contributed by atoms with Crippen molar-refractivity contribution in [3.63, 3.8) is 0 Å². The molecule has 1 saturated heterocycles. The largest absolute Gasteiger partial charge is 0.494 e. The van der Waals surface area contributed by atoms with Crippen LogP contribution in [0.2, 0.25) is 0 Å². The number of allylic oxidation sites excluding steroid dienone is 1. The number of sulfonamides is 1. The maximum Gasteiger partial charge on any atom is 0.243 e. The molecule has 1 aliphatic heterocycles. The highest BCUT2D eigenvalue weighted by molar-refractivity contribution is 7.93. The minimum atomic E-state index is -3.98. The molecule has 0 saturated carbocycles. The van der Waals surface area contributed by atoms with Gasteiger partial charge in [-0.3, -0.25) is 9.29 Å². The van der Waals surface area contributed by atoms with E-state index >= 15 is 0 Å². The molecule has 0 bridgehead atoms. The molecule has 2 aromatic rings. The van der Waals surface area contributed by atoms with Gasteiger partial charge in [-0.05, 0) is 53.0 Å². The lowest BCUT2D eigenvalue weighted by Crippen LogP contribution is -2.35. The highest BCUT2D eigenvalue weighted by Crippen LogP contribution is 2.39. The number of ether oxygens (including phenoxy) is 3. The summed E-state index contributed by atoms with van der Waals surface area (Å²) in [4.78, 5) is 8.27. The second kappa shape index (κ2) is 11.9. The van der Waals surface area contributed by atoms with E-state index < -0.39 is 21.2 Å². The van der Waals surface area contributed by atoms with E-state index in [1.807, 2.05) is 20.8 Å². The summed E-state index contributed by atoms with van der Waals surface area (Å²) < 4.78 is 48.4. The molecule has 0 radical (unpaired) electrons. The zero-order valence-electron chi connectivity index (χ0n) is 22.4. The summed E-state index contributed by atoms with van der Waals surface area (Å²) in [6.07, 6.45) is 2.22. The van der Waals surface area contributed by atoms with Gasteiger partial charge in [0.2, 0.25) is 16.0 Å². The first-order valence-corrected chi connectivity index (χ1v) is 13.6. The number of anilines is 1. The van der Waals surface area contributed by atoms with Crippen LogP contribution in [-0.2, 0) is 14.8 Å². The van der Waals surface area contributed by atoms with E-state index in [9.17, 15) is 8.42 Å². The number of methoxy groups -OCH3 is 2. The van der Waals surface area contributed by atoms with Gasteiger partial charge in [0, 0.05) is 24.6 Å². The SMILES string of the molecule is C=NC(=NC=C(C)C)[C@@H](C)[C@H](C)S(=O)(=O)Nc1nnc([C@@H]2CCO[C@@H]2C)n1-c1c(OC)cccc1OC. The molecule has 12 heteroatoms. The quantitative estimate of drug-likeness (QED) is 0.362. The first-order chi connectivity index (χ1) is 17.5. The third-order valence-corrected chi connectivity index (χ3v) is 8.33. The Hall–Kier alpha value is -3.25. The molecule has 0 unspecified atom stereocenters. The Morgan fingerprint density at radius 2 is 1.89 bits per heavy atom. The van der Waals surface area contributed by atoms with E-state index in [1.165, 1.54) is 14.2 Å². The Balaban J connectivity index is 2.11. The number of aromatic nitrogens is 3. The number of nitrogens with zero attached hydrogens (tertiary/aromatic N) is 5. The van der Waals surface area contributed by atoms with Crippen LogP contribution in [0.4, 0.5) is 5.95 Å². The van der Waals surface area contributed by atoms with E-state index in [4.69, 9.17) is 14.2 Å². The van der Waals surface area contributed by atoms with Crippen molar-refractivity contribution in [3.05, 3.63) is 35.8 Å². The van der Waals surface area contributed by atoms with E-state index in [0.29, 0.717) is 41.9 Å². The molecular formula is C25H36N6O5S. The third-order valence-electron chi connectivity index (χ3n) is 6.47. The van der Waals surface area contributed by atoms with Crippen LogP contribution in [0, 0.1) is 5.92 Å². The van der Waals surface area contributed by atoms with E-state index in [2.05, 4.69) is 31.6 Å². The minimum Gasteiger partial charge on any atom is -0.494 e. The Labute approximate surface area is 218 Å². The second-order valence-corrected chi connectivity index (χ2v) is 11.2. The van der Waals surface area contributed by atoms with Crippen LogP contribution in [-0.4, -0.2) is 67.9 Å². The minimum absolute atomic E-state index is 0.0188. The summed E-state index contributed by atoms with van der Waals surface area (Å²) in [7, 11) is -0.906. The molecule has 2 heterocycles. The molecule has 202 valence electrons.